The quantitative estimate of drug-likeness (QED) is 0.204. The Morgan fingerprint density at radius 1 is 1.10 bits per heavy atom. The average molecular weight is 574 g/mol. The maximum absolute atomic E-state index is 13.2. The lowest BCUT2D eigenvalue weighted by Gasteiger charge is -2.16. The maximum atomic E-state index is 13.2. The maximum Gasteiger partial charge on any atom is 0.416 e. The van der Waals surface area contributed by atoms with Crippen molar-refractivity contribution in [2.24, 2.45) is 4.99 Å². The Balaban J connectivity index is 0.00000480. The molecule has 3 N–H and O–H groups in total. The molecule has 0 aliphatic carbocycles. The molecule has 0 aliphatic heterocycles. The molecule has 0 aromatic heterocycles. The van der Waals surface area contributed by atoms with Crippen LogP contribution >= 0.6 is 24.0 Å². The Hall–Kier alpha value is -1.93. The highest BCUT2D eigenvalue weighted by molar-refractivity contribution is 14.0. The predicted molar refractivity (Wildman–Crippen MR) is 121 cm³/mol. The zero-order chi connectivity index (χ0) is 22.4. The van der Waals surface area contributed by atoms with Gasteiger partial charge in [0.05, 0.1) is 17.0 Å². The number of hydrogen-bond acceptors (Lipinski definition) is 3. The number of rotatable bonds is 7. The van der Waals surface area contributed by atoms with Crippen molar-refractivity contribution >= 4 is 40.0 Å². The summed E-state index contributed by atoms with van der Waals surface area (Å²) in [6.07, 6.45) is -4.69. The summed E-state index contributed by atoms with van der Waals surface area (Å²) in [6, 6.07) is 8.64. The number of benzene rings is 2. The normalized spacial score (nSPS) is 12.3. The van der Waals surface area contributed by atoms with E-state index in [1.807, 2.05) is 0 Å². The van der Waals surface area contributed by atoms with Gasteiger partial charge in [-0.1, -0.05) is 18.2 Å². The largest absolute Gasteiger partial charge is 0.416 e. The van der Waals surface area contributed by atoms with E-state index in [9.17, 15) is 26.0 Å². The van der Waals surface area contributed by atoms with E-state index in [1.165, 1.54) is 19.2 Å². The van der Waals surface area contributed by atoms with E-state index in [2.05, 4.69) is 20.3 Å². The molecular weight excluding hydrogens is 551 g/mol. The van der Waals surface area contributed by atoms with Crippen LogP contribution in [-0.4, -0.2) is 28.0 Å². The molecule has 0 spiro atoms. The molecule has 0 fully saturated rings. The minimum atomic E-state index is -4.69. The van der Waals surface area contributed by atoms with E-state index < -0.39 is 27.6 Å². The molecular formula is C19H23F4IN4O2S. The Labute approximate surface area is 195 Å². The summed E-state index contributed by atoms with van der Waals surface area (Å²) in [5, 5.41) is 5.68. The molecule has 0 radical (unpaired) electrons. The van der Waals surface area contributed by atoms with E-state index in [1.54, 1.807) is 19.1 Å². The zero-order valence-corrected chi connectivity index (χ0v) is 19.9. The smallest absolute Gasteiger partial charge is 0.357 e. The second kappa shape index (κ2) is 11.6. The molecule has 172 valence electrons. The number of nitrogens with one attached hydrogen (secondary N) is 3. The summed E-state index contributed by atoms with van der Waals surface area (Å²) < 4.78 is 78.7. The van der Waals surface area contributed by atoms with Gasteiger partial charge in [-0.05, 0) is 49.4 Å². The van der Waals surface area contributed by atoms with Crippen LogP contribution in [-0.2, 0) is 29.3 Å². The van der Waals surface area contributed by atoms with Crippen LogP contribution in [0.2, 0.25) is 0 Å². The Kier molecular flexibility index (Phi) is 10.2. The Morgan fingerprint density at radius 2 is 1.81 bits per heavy atom. The number of guanidine groups is 1. The van der Waals surface area contributed by atoms with Crippen LogP contribution in [0.1, 0.15) is 23.6 Å². The van der Waals surface area contributed by atoms with Gasteiger partial charge < -0.3 is 10.6 Å². The first kappa shape index (κ1) is 27.1. The van der Waals surface area contributed by atoms with Crippen LogP contribution in [0.4, 0.5) is 17.6 Å². The van der Waals surface area contributed by atoms with Crippen molar-refractivity contribution in [3.63, 3.8) is 0 Å². The van der Waals surface area contributed by atoms with E-state index in [-0.39, 0.29) is 53.5 Å². The molecule has 6 nitrogen and oxygen atoms in total. The van der Waals surface area contributed by atoms with Crippen molar-refractivity contribution in [3.8, 4) is 0 Å². The Morgan fingerprint density at radius 3 is 2.42 bits per heavy atom. The number of aliphatic imine (C=N–C) groups is 1. The topological polar surface area (TPSA) is 82.6 Å². The third-order valence-electron chi connectivity index (χ3n) is 4.07. The van der Waals surface area contributed by atoms with E-state index in [0.29, 0.717) is 18.2 Å². The highest BCUT2D eigenvalue weighted by atomic mass is 127. The van der Waals surface area contributed by atoms with Gasteiger partial charge in [-0.3, -0.25) is 0 Å². The van der Waals surface area contributed by atoms with E-state index >= 15 is 0 Å². The van der Waals surface area contributed by atoms with E-state index in [0.717, 1.165) is 12.1 Å². The summed E-state index contributed by atoms with van der Waals surface area (Å²) in [5.74, 6) is -0.736. The summed E-state index contributed by atoms with van der Waals surface area (Å²) >= 11 is 0. The number of hydrogen-bond donors (Lipinski definition) is 3. The van der Waals surface area contributed by atoms with Gasteiger partial charge >= 0.3 is 6.18 Å². The van der Waals surface area contributed by atoms with Gasteiger partial charge in [-0.15, -0.1) is 24.0 Å². The molecule has 2 aromatic rings. The first-order valence-electron chi connectivity index (χ1n) is 8.97. The lowest BCUT2D eigenvalue weighted by Crippen LogP contribution is -2.37. The zero-order valence-electron chi connectivity index (χ0n) is 16.8. The van der Waals surface area contributed by atoms with Crippen molar-refractivity contribution in [2.75, 3.05) is 13.6 Å². The molecule has 0 unspecified atom stereocenters. The second-order valence-electron chi connectivity index (χ2n) is 6.20. The van der Waals surface area contributed by atoms with Gasteiger partial charge in [0.15, 0.2) is 5.96 Å². The second-order valence-corrected chi connectivity index (χ2v) is 8.09. The molecule has 0 heterocycles. The van der Waals surface area contributed by atoms with Crippen molar-refractivity contribution in [3.05, 3.63) is 65.0 Å². The lowest BCUT2D eigenvalue weighted by molar-refractivity contribution is -0.138. The van der Waals surface area contributed by atoms with Crippen LogP contribution in [0.3, 0.4) is 0 Å². The van der Waals surface area contributed by atoms with Gasteiger partial charge in [-0.2, -0.15) is 13.2 Å². The van der Waals surface area contributed by atoms with Crippen LogP contribution in [0.25, 0.3) is 0 Å². The first-order chi connectivity index (χ1) is 14.1. The number of alkyl halides is 3. The van der Waals surface area contributed by atoms with Gasteiger partial charge in [0, 0.05) is 13.1 Å². The molecule has 0 atom stereocenters. The highest BCUT2D eigenvalue weighted by Crippen LogP contribution is 2.32. The third kappa shape index (κ3) is 7.92. The van der Waals surface area contributed by atoms with E-state index in [4.69, 9.17) is 0 Å². The van der Waals surface area contributed by atoms with Crippen molar-refractivity contribution in [1.29, 1.82) is 0 Å². The monoisotopic (exact) mass is 574 g/mol. The van der Waals surface area contributed by atoms with Crippen molar-refractivity contribution in [2.45, 2.75) is 31.1 Å². The fraction of sp³-hybridized carbons (Fsp3) is 0.316. The minimum Gasteiger partial charge on any atom is -0.357 e. The van der Waals surface area contributed by atoms with Crippen molar-refractivity contribution < 1.29 is 26.0 Å². The molecule has 0 bridgehead atoms. The summed E-state index contributed by atoms with van der Waals surface area (Å²) in [7, 11) is -2.30. The number of halogens is 5. The minimum absolute atomic E-state index is 0. The molecule has 0 amide bonds. The number of sulfonamides is 1. The van der Waals surface area contributed by atoms with Crippen LogP contribution < -0.4 is 15.4 Å². The highest BCUT2D eigenvalue weighted by Gasteiger charge is 2.33. The molecule has 0 saturated carbocycles. The molecule has 31 heavy (non-hydrogen) atoms. The summed E-state index contributed by atoms with van der Waals surface area (Å²) in [5.41, 5.74) is -0.589. The van der Waals surface area contributed by atoms with Crippen LogP contribution in [0, 0.1) is 5.82 Å². The fourth-order valence-electron chi connectivity index (χ4n) is 2.59. The SMILES string of the molecule is CCNC(=NCc1cccc(S(=O)(=O)NC)c1)NCc1ccc(F)cc1C(F)(F)F.I. The van der Waals surface area contributed by atoms with Gasteiger partial charge in [0.25, 0.3) is 0 Å². The molecule has 2 rings (SSSR count). The predicted octanol–water partition coefficient (Wildman–Crippen LogP) is 3.63. The molecule has 2 aromatic carbocycles. The first-order valence-corrected chi connectivity index (χ1v) is 10.5. The average Bonchev–Trinajstić information content (AvgIpc) is 2.70. The standard InChI is InChI=1S/C19H22F4N4O2S.HI/c1-3-25-18(26-11-13-5-4-6-16(9-13)30(28,29)24-2)27-12-14-7-8-15(20)10-17(14)19(21,22)23;/h4-10,24H,3,11-12H2,1-2H3,(H2,25,26,27);1H. The lowest BCUT2D eigenvalue weighted by atomic mass is 10.1. The van der Waals surface area contributed by atoms with Gasteiger partial charge in [0.1, 0.15) is 5.82 Å². The molecule has 0 aliphatic rings. The molecule has 12 heteroatoms. The van der Waals surface area contributed by atoms with Crippen LogP contribution in [0.15, 0.2) is 52.4 Å². The van der Waals surface area contributed by atoms with Gasteiger partial charge in [0.2, 0.25) is 10.0 Å². The Bertz CT molecular complexity index is 1010. The summed E-state index contributed by atoms with van der Waals surface area (Å²) in [6.45, 7) is 2.11. The van der Waals surface area contributed by atoms with Crippen LogP contribution in [0.5, 0.6) is 0 Å². The fourth-order valence-corrected chi connectivity index (χ4v) is 3.39. The third-order valence-corrected chi connectivity index (χ3v) is 5.48. The molecule has 0 saturated heterocycles. The van der Waals surface area contributed by atoms with Gasteiger partial charge in [-0.25, -0.2) is 22.5 Å². The van der Waals surface area contributed by atoms with Crippen molar-refractivity contribution in [1.82, 2.24) is 15.4 Å². The summed E-state index contributed by atoms with van der Waals surface area (Å²) in [4.78, 5) is 4.36. The number of nitrogens with zero attached hydrogens (tertiary/aromatic N) is 1.